The monoisotopic (exact) mass is 354 g/mol. The van der Waals surface area contributed by atoms with E-state index < -0.39 is 10.0 Å². The van der Waals surface area contributed by atoms with E-state index in [9.17, 15) is 13.2 Å². The van der Waals surface area contributed by atoms with E-state index in [0.29, 0.717) is 26.2 Å². The first-order valence-corrected chi connectivity index (χ1v) is 9.44. The van der Waals surface area contributed by atoms with Crippen molar-refractivity contribution in [2.24, 2.45) is 0 Å². The molecule has 0 unspecified atom stereocenters. The molecule has 134 valence electrons. The van der Waals surface area contributed by atoms with E-state index in [4.69, 9.17) is 4.74 Å². The first-order valence-electron chi connectivity index (χ1n) is 8.00. The van der Waals surface area contributed by atoms with Crippen LogP contribution in [-0.4, -0.2) is 52.0 Å². The molecule has 0 atom stereocenters. The molecule has 0 saturated carbocycles. The van der Waals surface area contributed by atoms with E-state index in [1.165, 1.54) is 10.4 Å². The molecule has 7 heteroatoms. The average Bonchev–Trinajstić information content (AvgIpc) is 2.58. The number of carbonyl (C=O) groups is 1. The van der Waals surface area contributed by atoms with Crippen molar-refractivity contribution in [3.63, 3.8) is 0 Å². The number of hydrogen-bond acceptors (Lipinski definition) is 4. The number of methoxy groups -OCH3 is 1. The molecule has 1 rings (SSSR count). The molecule has 0 spiro atoms. The molecule has 1 N–H and O–H groups in total. The number of benzene rings is 1. The summed E-state index contributed by atoms with van der Waals surface area (Å²) in [5.74, 6) is -0.189. The van der Waals surface area contributed by atoms with Gasteiger partial charge in [0.15, 0.2) is 0 Å². The average molecular weight is 354 g/mol. The topological polar surface area (TPSA) is 75.7 Å². The summed E-state index contributed by atoms with van der Waals surface area (Å²) in [6.45, 7) is 5.64. The Bertz CT molecular complexity index is 635. The second-order valence-electron chi connectivity index (χ2n) is 5.13. The second kappa shape index (κ2) is 10.2. The maximum absolute atomic E-state index is 12.4. The summed E-state index contributed by atoms with van der Waals surface area (Å²) in [4.78, 5) is 11.9. The molecule has 0 heterocycles. The van der Waals surface area contributed by atoms with Crippen molar-refractivity contribution in [3.05, 3.63) is 35.9 Å². The molecule has 1 aromatic rings. The Kier molecular flexibility index (Phi) is 8.67. The van der Waals surface area contributed by atoms with Crippen molar-refractivity contribution in [1.29, 1.82) is 0 Å². The predicted octanol–water partition coefficient (Wildman–Crippen LogP) is 1.88. The summed E-state index contributed by atoms with van der Waals surface area (Å²) in [5.41, 5.74) is 0.764. The van der Waals surface area contributed by atoms with Crippen molar-refractivity contribution < 1.29 is 17.9 Å². The van der Waals surface area contributed by atoms with Gasteiger partial charge in [0, 0.05) is 39.4 Å². The zero-order valence-corrected chi connectivity index (χ0v) is 15.3. The lowest BCUT2D eigenvalue weighted by Crippen LogP contribution is -2.30. The summed E-state index contributed by atoms with van der Waals surface area (Å²) in [7, 11) is -1.83. The lowest BCUT2D eigenvalue weighted by atomic mass is 10.2. The number of nitrogens with one attached hydrogen (secondary N) is 1. The van der Waals surface area contributed by atoms with Gasteiger partial charge in [0.25, 0.3) is 0 Å². The van der Waals surface area contributed by atoms with Crippen LogP contribution in [0, 0.1) is 0 Å². The number of rotatable bonds is 10. The van der Waals surface area contributed by atoms with Crippen LogP contribution in [0.3, 0.4) is 0 Å². The van der Waals surface area contributed by atoms with Gasteiger partial charge < -0.3 is 10.1 Å². The number of carbonyl (C=O) groups excluding carboxylic acids is 1. The van der Waals surface area contributed by atoms with Gasteiger partial charge in [0.1, 0.15) is 0 Å². The summed E-state index contributed by atoms with van der Waals surface area (Å²) < 4.78 is 31.1. The first kappa shape index (κ1) is 20.3. The Labute approximate surface area is 144 Å². The summed E-state index contributed by atoms with van der Waals surface area (Å²) in [6.07, 6.45) is 3.84. The minimum absolute atomic E-state index is 0.189. The van der Waals surface area contributed by atoms with E-state index in [-0.39, 0.29) is 10.8 Å². The van der Waals surface area contributed by atoms with Crippen molar-refractivity contribution in [1.82, 2.24) is 9.62 Å². The van der Waals surface area contributed by atoms with E-state index in [2.05, 4.69) is 5.32 Å². The summed E-state index contributed by atoms with van der Waals surface area (Å²) >= 11 is 0. The molecule has 24 heavy (non-hydrogen) atoms. The number of amides is 1. The fourth-order valence-corrected chi connectivity index (χ4v) is 3.58. The standard InChI is InChI=1S/C17H26N2O4S/c1-4-19(5-2)24(21,22)16-10-7-15(8-11-16)9-12-17(20)18-13-6-14-23-3/h7-12H,4-6,13-14H2,1-3H3,(H,18,20)/b12-9+. The van der Waals surface area contributed by atoms with Crippen LogP contribution in [0.1, 0.15) is 25.8 Å². The van der Waals surface area contributed by atoms with Crippen LogP contribution >= 0.6 is 0 Å². The molecule has 0 aliphatic heterocycles. The molecule has 0 aliphatic carbocycles. The highest BCUT2D eigenvalue weighted by Gasteiger charge is 2.20. The van der Waals surface area contributed by atoms with Gasteiger partial charge in [-0.3, -0.25) is 4.79 Å². The van der Waals surface area contributed by atoms with Crippen LogP contribution in [-0.2, 0) is 19.6 Å². The minimum atomic E-state index is -3.45. The number of hydrogen-bond donors (Lipinski definition) is 1. The molecule has 0 radical (unpaired) electrons. The zero-order chi connectivity index (χ0) is 18.0. The minimum Gasteiger partial charge on any atom is -0.385 e. The van der Waals surface area contributed by atoms with Gasteiger partial charge in [-0.2, -0.15) is 4.31 Å². The van der Waals surface area contributed by atoms with E-state index in [0.717, 1.165) is 12.0 Å². The fourth-order valence-electron chi connectivity index (χ4n) is 2.12. The molecule has 0 aromatic heterocycles. The fraction of sp³-hybridized carbons (Fsp3) is 0.471. The van der Waals surface area contributed by atoms with Gasteiger partial charge in [-0.25, -0.2) is 8.42 Å². The van der Waals surface area contributed by atoms with Gasteiger partial charge in [-0.1, -0.05) is 26.0 Å². The van der Waals surface area contributed by atoms with Crippen LogP contribution in [0.5, 0.6) is 0 Å². The molecule has 0 fully saturated rings. The van der Waals surface area contributed by atoms with Crippen LogP contribution in [0.25, 0.3) is 6.08 Å². The van der Waals surface area contributed by atoms with Crippen molar-refractivity contribution >= 4 is 22.0 Å². The molecular weight excluding hydrogens is 328 g/mol. The summed E-state index contributed by atoms with van der Waals surface area (Å²) in [6, 6.07) is 6.49. The van der Waals surface area contributed by atoms with Crippen LogP contribution in [0.2, 0.25) is 0 Å². The highest BCUT2D eigenvalue weighted by molar-refractivity contribution is 7.89. The number of nitrogens with zero attached hydrogens (tertiary/aromatic N) is 1. The number of ether oxygens (including phenoxy) is 1. The predicted molar refractivity (Wildman–Crippen MR) is 95.1 cm³/mol. The lowest BCUT2D eigenvalue weighted by molar-refractivity contribution is -0.116. The smallest absolute Gasteiger partial charge is 0.244 e. The third-order valence-corrected chi connectivity index (χ3v) is 5.54. The Hall–Kier alpha value is -1.70. The lowest BCUT2D eigenvalue weighted by Gasteiger charge is -2.18. The zero-order valence-electron chi connectivity index (χ0n) is 14.5. The second-order valence-corrected chi connectivity index (χ2v) is 7.07. The van der Waals surface area contributed by atoms with E-state index >= 15 is 0 Å². The SMILES string of the molecule is CCN(CC)S(=O)(=O)c1ccc(/C=C/C(=O)NCCCOC)cc1. The largest absolute Gasteiger partial charge is 0.385 e. The van der Waals surface area contributed by atoms with Gasteiger partial charge >= 0.3 is 0 Å². The maximum atomic E-state index is 12.4. The Morgan fingerprint density at radius 2 is 1.83 bits per heavy atom. The molecule has 0 saturated heterocycles. The van der Waals surface area contributed by atoms with Gasteiger partial charge in [0.05, 0.1) is 4.90 Å². The third kappa shape index (κ3) is 6.07. The van der Waals surface area contributed by atoms with Crippen LogP contribution < -0.4 is 5.32 Å². The van der Waals surface area contributed by atoms with Crippen molar-refractivity contribution in [3.8, 4) is 0 Å². The Morgan fingerprint density at radius 3 is 2.38 bits per heavy atom. The maximum Gasteiger partial charge on any atom is 0.244 e. The van der Waals surface area contributed by atoms with Crippen molar-refractivity contribution in [2.45, 2.75) is 25.2 Å². The van der Waals surface area contributed by atoms with Gasteiger partial charge in [-0.05, 0) is 30.2 Å². The van der Waals surface area contributed by atoms with E-state index in [1.807, 2.05) is 13.8 Å². The van der Waals surface area contributed by atoms with Gasteiger partial charge in [0.2, 0.25) is 15.9 Å². The van der Waals surface area contributed by atoms with E-state index in [1.54, 1.807) is 37.5 Å². The quantitative estimate of drug-likeness (QED) is 0.514. The molecule has 1 amide bonds. The van der Waals surface area contributed by atoms with Crippen molar-refractivity contribution in [2.75, 3.05) is 33.4 Å². The van der Waals surface area contributed by atoms with Crippen LogP contribution in [0.4, 0.5) is 0 Å². The highest BCUT2D eigenvalue weighted by atomic mass is 32.2. The van der Waals surface area contributed by atoms with Crippen LogP contribution in [0.15, 0.2) is 35.2 Å². The first-order chi connectivity index (χ1) is 11.5. The molecule has 1 aromatic carbocycles. The molecule has 6 nitrogen and oxygen atoms in total. The van der Waals surface area contributed by atoms with Gasteiger partial charge in [-0.15, -0.1) is 0 Å². The normalized spacial score (nSPS) is 12.0. The molecule has 0 bridgehead atoms. The Balaban J connectivity index is 2.68. The molecule has 0 aliphatic rings. The third-order valence-electron chi connectivity index (χ3n) is 3.47. The highest BCUT2D eigenvalue weighted by Crippen LogP contribution is 2.16. The summed E-state index contributed by atoms with van der Waals surface area (Å²) in [5, 5.41) is 2.75. The number of sulfonamides is 1. The molecular formula is C17H26N2O4S. The Morgan fingerprint density at radius 1 is 1.21 bits per heavy atom.